The van der Waals surface area contributed by atoms with Gasteiger partial charge >= 0.3 is 0 Å². The molecule has 0 heterocycles. The molecule has 0 aliphatic rings. The fraction of sp³-hybridized carbons (Fsp3) is 0.562. The first-order chi connectivity index (χ1) is 9.58. The maximum absolute atomic E-state index is 11.7. The van der Waals surface area contributed by atoms with Gasteiger partial charge < -0.3 is 15.4 Å². The van der Waals surface area contributed by atoms with Gasteiger partial charge in [-0.2, -0.15) is 0 Å². The first-order valence-electron chi connectivity index (χ1n) is 7.33. The van der Waals surface area contributed by atoms with Crippen LogP contribution in [0.3, 0.4) is 0 Å². The molecule has 0 spiro atoms. The van der Waals surface area contributed by atoms with E-state index in [1.165, 1.54) is 5.56 Å². The van der Waals surface area contributed by atoms with Crippen molar-refractivity contribution >= 4 is 5.91 Å². The van der Waals surface area contributed by atoms with Gasteiger partial charge in [0.2, 0.25) is 0 Å². The Morgan fingerprint density at radius 2 is 2.10 bits per heavy atom. The van der Waals surface area contributed by atoms with Crippen LogP contribution in [-0.2, 0) is 11.3 Å². The topological polar surface area (TPSA) is 50.4 Å². The molecule has 0 fully saturated rings. The first kappa shape index (κ1) is 16.5. The van der Waals surface area contributed by atoms with E-state index in [0.29, 0.717) is 6.54 Å². The third kappa shape index (κ3) is 5.21. The summed E-state index contributed by atoms with van der Waals surface area (Å²) in [5.74, 6) is 0.693. The van der Waals surface area contributed by atoms with Crippen molar-refractivity contribution in [3.05, 3.63) is 29.3 Å². The Balaban J connectivity index is 2.74. The molecule has 0 bridgehead atoms. The lowest BCUT2D eigenvalue weighted by atomic mass is 10.1. The fourth-order valence-electron chi connectivity index (χ4n) is 1.92. The van der Waals surface area contributed by atoms with E-state index in [0.717, 1.165) is 30.8 Å². The average Bonchev–Trinajstić information content (AvgIpc) is 2.42. The van der Waals surface area contributed by atoms with Crippen molar-refractivity contribution in [1.82, 2.24) is 10.6 Å². The van der Waals surface area contributed by atoms with Crippen LogP contribution in [0.1, 0.15) is 38.3 Å². The van der Waals surface area contributed by atoms with E-state index in [2.05, 4.69) is 30.5 Å². The quantitative estimate of drug-likeness (QED) is 0.718. The van der Waals surface area contributed by atoms with Crippen LogP contribution in [0.2, 0.25) is 0 Å². The van der Waals surface area contributed by atoms with Crippen molar-refractivity contribution in [2.24, 2.45) is 0 Å². The summed E-state index contributed by atoms with van der Waals surface area (Å²) in [5.41, 5.74) is 2.28. The number of carbonyl (C=O) groups excluding carboxylic acids is 1. The maximum Gasteiger partial charge on any atom is 0.260 e. The van der Waals surface area contributed by atoms with E-state index in [4.69, 9.17) is 4.74 Å². The minimum absolute atomic E-state index is 0.0828. The van der Waals surface area contributed by atoms with Crippen LogP contribution in [0.25, 0.3) is 0 Å². The van der Waals surface area contributed by atoms with E-state index >= 15 is 0 Å². The number of ether oxygens (including phenoxy) is 1. The second-order valence-corrected chi connectivity index (χ2v) is 4.94. The Kier molecular flexibility index (Phi) is 7.09. The Labute approximate surface area is 121 Å². The van der Waals surface area contributed by atoms with Crippen LogP contribution in [0.4, 0.5) is 0 Å². The molecule has 1 rings (SSSR count). The molecular weight excluding hydrogens is 252 g/mol. The lowest BCUT2D eigenvalue weighted by molar-refractivity contribution is -0.127. The van der Waals surface area contributed by atoms with Crippen LogP contribution >= 0.6 is 0 Å². The molecule has 0 aliphatic carbocycles. The van der Waals surface area contributed by atoms with E-state index < -0.39 is 6.10 Å². The molecule has 0 saturated carbocycles. The van der Waals surface area contributed by atoms with Crippen LogP contribution in [0.5, 0.6) is 5.75 Å². The van der Waals surface area contributed by atoms with E-state index in [-0.39, 0.29) is 5.91 Å². The Bertz CT molecular complexity index is 432. The smallest absolute Gasteiger partial charge is 0.260 e. The van der Waals surface area contributed by atoms with E-state index in [1.54, 1.807) is 6.92 Å². The third-order valence-corrected chi connectivity index (χ3v) is 2.98. The van der Waals surface area contributed by atoms with Crippen LogP contribution in [0, 0.1) is 6.92 Å². The van der Waals surface area contributed by atoms with Crippen molar-refractivity contribution in [3.63, 3.8) is 0 Å². The van der Waals surface area contributed by atoms with Gasteiger partial charge in [0.15, 0.2) is 6.10 Å². The molecule has 4 nitrogen and oxygen atoms in total. The molecule has 1 aromatic carbocycles. The standard InChI is InChI=1S/C16H26N2O2/c1-5-9-17-11-14-10-12(3)7-8-15(14)20-13(4)16(19)18-6-2/h7-8,10,13,17H,5-6,9,11H2,1-4H3,(H,18,19). The number of likely N-dealkylation sites (N-methyl/N-ethyl adjacent to an activating group) is 1. The molecule has 4 heteroatoms. The molecule has 0 radical (unpaired) electrons. The van der Waals surface area contributed by atoms with Gasteiger partial charge in [0.05, 0.1) is 0 Å². The second kappa shape index (κ2) is 8.59. The summed E-state index contributed by atoms with van der Waals surface area (Å²) >= 11 is 0. The summed E-state index contributed by atoms with van der Waals surface area (Å²) in [6.07, 6.45) is 0.611. The monoisotopic (exact) mass is 278 g/mol. The molecular formula is C16H26N2O2. The number of nitrogens with one attached hydrogen (secondary N) is 2. The Morgan fingerprint density at radius 1 is 1.35 bits per heavy atom. The van der Waals surface area contributed by atoms with Crippen molar-refractivity contribution in [1.29, 1.82) is 0 Å². The minimum Gasteiger partial charge on any atom is -0.481 e. The van der Waals surface area contributed by atoms with Gasteiger partial charge in [0, 0.05) is 18.7 Å². The van der Waals surface area contributed by atoms with E-state index in [1.807, 2.05) is 19.1 Å². The van der Waals surface area contributed by atoms with Crippen LogP contribution < -0.4 is 15.4 Å². The van der Waals surface area contributed by atoms with Gasteiger partial charge in [0.25, 0.3) is 5.91 Å². The summed E-state index contributed by atoms with van der Waals surface area (Å²) in [5, 5.41) is 6.14. The lowest BCUT2D eigenvalue weighted by Gasteiger charge is -2.17. The van der Waals surface area contributed by atoms with Crippen molar-refractivity contribution in [3.8, 4) is 5.75 Å². The highest BCUT2D eigenvalue weighted by Crippen LogP contribution is 2.21. The zero-order chi connectivity index (χ0) is 15.0. The van der Waals surface area contributed by atoms with Crippen molar-refractivity contribution in [2.75, 3.05) is 13.1 Å². The van der Waals surface area contributed by atoms with Gasteiger partial charge in [-0.15, -0.1) is 0 Å². The van der Waals surface area contributed by atoms with Crippen LogP contribution in [-0.4, -0.2) is 25.1 Å². The molecule has 1 aromatic rings. The highest BCUT2D eigenvalue weighted by atomic mass is 16.5. The molecule has 2 N–H and O–H groups in total. The summed E-state index contributed by atoms with van der Waals surface area (Å²) in [7, 11) is 0. The van der Waals surface area contributed by atoms with E-state index in [9.17, 15) is 4.79 Å². The number of amides is 1. The summed E-state index contributed by atoms with van der Waals surface area (Å²) in [4.78, 5) is 11.7. The normalized spacial score (nSPS) is 12.0. The van der Waals surface area contributed by atoms with Gasteiger partial charge in [-0.05, 0) is 39.8 Å². The number of benzene rings is 1. The zero-order valence-corrected chi connectivity index (χ0v) is 13.0. The third-order valence-electron chi connectivity index (χ3n) is 2.98. The molecule has 0 saturated heterocycles. The van der Waals surface area contributed by atoms with Gasteiger partial charge in [-0.25, -0.2) is 0 Å². The predicted octanol–water partition coefficient (Wildman–Crippen LogP) is 2.40. The molecule has 20 heavy (non-hydrogen) atoms. The van der Waals surface area contributed by atoms with Crippen molar-refractivity contribution in [2.45, 2.75) is 46.8 Å². The maximum atomic E-state index is 11.7. The van der Waals surface area contributed by atoms with Crippen molar-refractivity contribution < 1.29 is 9.53 Å². The number of hydrogen-bond acceptors (Lipinski definition) is 3. The Morgan fingerprint density at radius 3 is 2.75 bits per heavy atom. The molecule has 1 amide bonds. The largest absolute Gasteiger partial charge is 0.481 e. The molecule has 0 aliphatic heterocycles. The number of rotatable bonds is 8. The summed E-state index contributed by atoms with van der Waals surface area (Å²) in [6, 6.07) is 6.04. The van der Waals surface area contributed by atoms with Gasteiger partial charge in [0.1, 0.15) is 5.75 Å². The zero-order valence-electron chi connectivity index (χ0n) is 13.0. The molecule has 1 atom stereocenters. The molecule has 0 aromatic heterocycles. The minimum atomic E-state index is -0.484. The highest BCUT2D eigenvalue weighted by molar-refractivity contribution is 5.80. The first-order valence-corrected chi connectivity index (χ1v) is 7.33. The van der Waals surface area contributed by atoms with Gasteiger partial charge in [-0.1, -0.05) is 24.6 Å². The lowest BCUT2D eigenvalue weighted by Crippen LogP contribution is -2.36. The molecule has 1 unspecified atom stereocenters. The number of aryl methyl sites for hydroxylation is 1. The number of carbonyl (C=O) groups is 1. The summed E-state index contributed by atoms with van der Waals surface area (Å²) in [6.45, 7) is 10.2. The fourth-order valence-corrected chi connectivity index (χ4v) is 1.92. The van der Waals surface area contributed by atoms with Crippen LogP contribution in [0.15, 0.2) is 18.2 Å². The second-order valence-electron chi connectivity index (χ2n) is 4.94. The predicted molar refractivity (Wildman–Crippen MR) is 82.0 cm³/mol. The highest BCUT2D eigenvalue weighted by Gasteiger charge is 2.15. The molecule has 112 valence electrons. The van der Waals surface area contributed by atoms with Gasteiger partial charge in [-0.3, -0.25) is 4.79 Å². The number of hydrogen-bond donors (Lipinski definition) is 2. The SMILES string of the molecule is CCCNCc1cc(C)ccc1OC(C)C(=O)NCC. The summed E-state index contributed by atoms with van der Waals surface area (Å²) < 4.78 is 5.79. The Hall–Kier alpha value is -1.55. The average molecular weight is 278 g/mol.